The molecule has 0 atom stereocenters. The van der Waals surface area contributed by atoms with Gasteiger partial charge < -0.3 is 13.6 Å². The van der Waals surface area contributed by atoms with Gasteiger partial charge in [0.05, 0.1) is 7.11 Å². The molecule has 0 aliphatic carbocycles. The van der Waals surface area contributed by atoms with Gasteiger partial charge in [-0.3, -0.25) is 0 Å². The molecular formula is C20H36O4Si2. The van der Waals surface area contributed by atoms with Crippen LogP contribution >= 0.6 is 0 Å². The second-order valence-corrected chi connectivity index (χ2v) is 19.3. The fourth-order valence-electron chi connectivity index (χ4n) is 1.75. The zero-order valence-corrected chi connectivity index (χ0v) is 20.4. The van der Waals surface area contributed by atoms with E-state index >= 15 is 0 Å². The third-order valence-corrected chi connectivity index (χ3v) is 14.4. The maximum Gasteiger partial charge on any atom is 0.328 e. The van der Waals surface area contributed by atoms with Gasteiger partial charge in [-0.25, -0.2) is 4.79 Å². The molecule has 0 N–H and O–H groups in total. The van der Waals surface area contributed by atoms with E-state index in [2.05, 4.69) is 67.7 Å². The van der Waals surface area contributed by atoms with E-state index in [4.69, 9.17) is 13.6 Å². The summed E-state index contributed by atoms with van der Waals surface area (Å²) in [6.45, 7) is 21.4. The number of ether oxygens (including phenoxy) is 1. The molecule has 0 unspecified atom stereocenters. The van der Waals surface area contributed by atoms with E-state index in [0.717, 1.165) is 0 Å². The molecule has 0 aliphatic rings. The average molecular weight is 397 g/mol. The molecule has 0 aliphatic heterocycles. The minimum absolute atomic E-state index is 0.0353. The molecule has 4 nitrogen and oxygen atoms in total. The third-order valence-electron chi connectivity index (χ3n) is 5.73. The Labute approximate surface area is 161 Å². The second kappa shape index (κ2) is 7.39. The van der Waals surface area contributed by atoms with Crippen molar-refractivity contribution in [2.24, 2.45) is 0 Å². The van der Waals surface area contributed by atoms with Crippen LogP contribution in [0.25, 0.3) is 0 Å². The lowest BCUT2D eigenvalue weighted by molar-refractivity contribution is 0.0710. The quantitative estimate of drug-likeness (QED) is 0.552. The standard InChI is InChI=1S/C20H36O4Si2/c1-19(2,3)25(8,9)23-17-13-12-15(22-7)14-16(17)18(21)24-26(10,11)20(4,5)6/h12-14H,1-11H3. The summed E-state index contributed by atoms with van der Waals surface area (Å²) < 4.78 is 17.7. The third kappa shape index (κ3) is 5.13. The summed E-state index contributed by atoms with van der Waals surface area (Å²) in [6, 6.07) is 5.37. The number of benzene rings is 1. The maximum absolute atomic E-state index is 13.0. The van der Waals surface area contributed by atoms with Gasteiger partial charge in [-0.05, 0) is 54.5 Å². The van der Waals surface area contributed by atoms with Gasteiger partial charge in [0.2, 0.25) is 0 Å². The predicted octanol–water partition coefficient (Wildman–Crippen LogP) is 6.24. The molecule has 0 amide bonds. The van der Waals surface area contributed by atoms with E-state index in [9.17, 15) is 4.79 Å². The topological polar surface area (TPSA) is 44.8 Å². The predicted molar refractivity (Wildman–Crippen MR) is 113 cm³/mol. The zero-order valence-electron chi connectivity index (χ0n) is 18.4. The molecule has 0 aromatic heterocycles. The molecule has 0 heterocycles. The van der Waals surface area contributed by atoms with E-state index in [-0.39, 0.29) is 16.0 Å². The summed E-state index contributed by atoms with van der Waals surface area (Å²) in [5.41, 5.74) is 0.444. The number of rotatable bonds is 5. The molecule has 0 bridgehead atoms. The minimum atomic E-state index is -2.23. The molecule has 0 radical (unpaired) electrons. The van der Waals surface area contributed by atoms with Crippen molar-refractivity contribution in [3.8, 4) is 11.5 Å². The SMILES string of the molecule is COc1ccc(O[Si](C)(C)C(C)(C)C)c(C(=O)O[Si](C)(C)C(C)(C)C)c1. The monoisotopic (exact) mass is 396 g/mol. The van der Waals surface area contributed by atoms with Gasteiger partial charge in [0.1, 0.15) is 17.1 Å². The van der Waals surface area contributed by atoms with E-state index < -0.39 is 16.6 Å². The molecule has 148 valence electrons. The van der Waals surface area contributed by atoms with E-state index in [0.29, 0.717) is 17.1 Å². The van der Waals surface area contributed by atoms with Crippen LogP contribution in [-0.4, -0.2) is 29.7 Å². The summed E-state index contributed by atoms with van der Waals surface area (Å²) in [6.07, 6.45) is 0. The van der Waals surface area contributed by atoms with Crippen molar-refractivity contribution in [1.82, 2.24) is 0 Å². The highest BCUT2D eigenvalue weighted by Crippen LogP contribution is 2.40. The molecule has 26 heavy (non-hydrogen) atoms. The summed E-state index contributed by atoms with van der Waals surface area (Å²) in [5, 5.41) is -0.0183. The summed E-state index contributed by atoms with van der Waals surface area (Å²) in [5.74, 6) is 0.875. The molecule has 1 aromatic carbocycles. The van der Waals surface area contributed by atoms with E-state index in [1.165, 1.54) is 0 Å². The van der Waals surface area contributed by atoms with Crippen LogP contribution in [0.2, 0.25) is 36.3 Å². The first-order valence-electron chi connectivity index (χ1n) is 9.12. The van der Waals surface area contributed by atoms with Crippen molar-refractivity contribution in [3.63, 3.8) is 0 Å². The molecule has 0 spiro atoms. The van der Waals surface area contributed by atoms with Gasteiger partial charge in [-0.15, -0.1) is 0 Å². The Morgan fingerprint density at radius 1 is 0.885 bits per heavy atom. The van der Waals surface area contributed by atoms with Crippen molar-refractivity contribution in [1.29, 1.82) is 0 Å². The number of hydrogen-bond donors (Lipinski definition) is 0. The highest BCUT2D eigenvalue weighted by atomic mass is 28.4. The van der Waals surface area contributed by atoms with Crippen LogP contribution in [0.15, 0.2) is 18.2 Å². The normalized spacial score (nSPS) is 13.3. The van der Waals surface area contributed by atoms with Crippen molar-refractivity contribution in [2.45, 2.75) is 77.8 Å². The summed E-state index contributed by atoms with van der Waals surface area (Å²) >= 11 is 0. The average Bonchev–Trinajstić information content (AvgIpc) is 2.44. The summed E-state index contributed by atoms with van der Waals surface area (Å²) in [7, 11) is -2.72. The molecule has 6 heteroatoms. The van der Waals surface area contributed by atoms with E-state index in [1.807, 2.05) is 12.1 Å². The Balaban J connectivity index is 3.30. The van der Waals surface area contributed by atoms with Crippen molar-refractivity contribution in [2.75, 3.05) is 7.11 Å². The van der Waals surface area contributed by atoms with Gasteiger partial charge in [-0.1, -0.05) is 41.5 Å². The minimum Gasteiger partial charge on any atom is -0.543 e. The zero-order chi connectivity index (χ0) is 20.6. The van der Waals surface area contributed by atoms with Crippen LogP contribution < -0.4 is 9.16 Å². The molecule has 0 saturated carbocycles. The van der Waals surface area contributed by atoms with Crippen LogP contribution in [0, 0.1) is 0 Å². The van der Waals surface area contributed by atoms with Crippen LogP contribution in [0.3, 0.4) is 0 Å². The Morgan fingerprint density at radius 3 is 1.81 bits per heavy atom. The molecule has 0 saturated heterocycles. The fraction of sp³-hybridized carbons (Fsp3) is 0.650. The van der Waals surface area contributed by atoms with Gasteiger partial charge >= 0.3 is 5.97 Å². The molecule has 1 aromatic rings. The highest BCUT2D eigenvalue weighted by Gasteiger charge is 2.42. The Kier molecular flexibility index (Phi) is 6.47. The van der Waals surface area contributed by atoms with Gasteiger partial charge in [-0.2, -0.15) is 0 Å². The fourth-order valence-corrected chi connectivity index (χ4v) is 3.67. The number of carbonyl (C=O) groups excluding carboxylic acids is 1. The van der Waals surface area contributed by atoms with Crippen LogP contribution in [0.5, 0.6) is 11.5 Å². The lowest BCUT2D eigenvalue weighted by Gasteiger charge is -2.38. The first-order chi connectivity index (χ1) is 11.5. The molecule has 1 rings (SSSR count). The smallest absolute Gasteiger partial charge is 0.328 e. The summed E-state index contributed by atoms with van der Waals surface area (Å²) in [4.78, 5) is 13.0. The number of hydrogen-bond acceptors (Lipinski definition) is 4. The van der Waals surface area contributed by atoms with Crippen LogP contribution in [0.1, 0.15) is 51.9 Å². The van der Waals surface area contributed by atoms with Crippen LogP contribution in [0.4, 0.5) is 0 Å². The van der Waals surface area contributed by atoms with Gasteiger partial charge in [0.25, 0.3) is 16.6 Å². The lowest BCUT2D eigenvalue weighted by atomic mass is 10.2. The van der Waals surface area contributed by atoms with Gasteiger partial charge in [0, 0.05) is 0 Å². The maximum atomic E-state index is 13.0. The molecule has 0 fully saturated rings. The van der Waals surface area contributed by atoms with E-state index in [1.54, 1.807) is 13.2 Å². The number of methoxy groups -OCH3 is 1. The van der Waals surface area contributed by atoms with Crippen LogP contribution in [-0.2, 0) is 4.43 Å². The first kappa shape index (κ1) is 22.8. The Hall–Kier alpha value is -1.28. The van der Waals surface area contributed by atoms with Crippen molar-refractivity contribution >= 4 is 22.6 Å². The highest BCUT2D eigenvalue weighted by molar-refractivity contribution is 6.76. The largest absolute Gasteiger partial charge is 0.543 e. The second-order valence-electron chi connectivity index (χ2n) is 9.87. The lowest BCUT2D eigenvalue weighted by Crippen LogP contribution is -2.45. The van der Waals surface area contributed by atoms with Crippen molar-refractivity contribution in [3.05, 3.63) is 23.8 Å². The van der Waals surface area contributed by atoms with Crippen molar-refractivity contribution < 1.29 is 18.4 Å². The number of carbonyl (C=O) groups is 1. The Morgan fingerprint density at radius 2 is 1.38 bits per heavy atom. The molecular weight excluding hydrogens is 360 g/mol. The first-order valence-corrected chi connectivity index (χ1v) is 14.9. The Bertz CT molecular complexity index is 653. The van der Waals surface area contributed by atoms with Gasteiger partial charge in [0.15, 0.2) is 0 Å².